The number of morpholine rings is 1. The van der Waals surface area contributed by atoms with E-state index in [1.54, 1.807) is 4.90 Å². The molecule has 1 aliphatic heterocycles. The largest absolute Gasteiger partial charge is 0.489 e. The first kappa shape index (κ1) is 19.9. The third-order valence-electron chi connectivity index (χ3n) is 4.87. The molecule has 1 aliphatic rings. The Bertz CT molecular complexity index is 835. The smallest absolute Gasteiger partial charge is 0.305 e. The Balaban J connectivity index is 1.62. The molecular formula is C22H25NO5. The number of aliphatic carboxylic acids is 1. The van der Waals surface area contributed by atoms with E-state index < -0.39 is 12.0 Å². The fourth-order valence-electron chi connectivity index (χ4n) is 3.31. The molecule has 0 aromatic heterocycles. The van der Waals surface area contributed by atoms with Gasteiger partial charge in [-0.1, -0.05) is 36.4 Å². The van der Waals surface area contributed by atoms with Crippen molar-refractivity contribution in [1.29, 1.82) is 0 Å². The molecule has 0 radical (unpaired) electrons. The van der Waals surface area contributed by atoms with Gasteiger partial charge in [0.25, 0.3) is 0 Å². The summed E-state index contributed by atoms with van der Waals surface area (Å²) in [5, 5.41) is 9.05. The second kappa shape index (κ2) is 9.37. The van der Waals surface area contributed by atoms with Crippen molar-refractivity contribution < 1.29 is 24.2 Å². The third-order valence-corrected chi connectivity index (χ3v) is 4.87. The van der Waals surface area contributed by atoms with Crippen LogP contribution in [0.4, 0.5) is 0 Å². The summed E-state index contributed by atoms with van der Waals surface area (Å²) >= 11 is 0. The van der Waals surface area contributed by atoms with E-state index in [0.29, 0.717) is 25.5 Å². The molecule has 0 bridgehead atoms. The maximum absolute atomic E-state index is 12.7. The first-order chi connectivity index (χ1) is 13.5. The lowest BCUT2D eigenvalue weighted by atomic mass is 10.1. The summed E-state index contributed by atoms with van der Waals surface area (Å²) in [5.41, 5.74) is 3.13. The van der Waals surface area contributed by atoms with E-state index in [1.165, 1.54) is 5.56 Å². The molecule has 148 valence electrons. The number of carbonyl (C=O) groups excluding carboxylic acids is 1. The SMILES string of the molecule is Cc1ccccc1COc1cccc(CC(=O)N2CCOCC2CC(=O)O)c1. The quantitative estimate of drug-likeness (QED) is 0.796. The minimum Gasteiger partial charge on any atom is -0.489 e. The highest BCUT2D eigenvalue weighted by Gasteiger charge is 2.29. The number of benzene rings is 2. The van der Waals surface area contributed by atoms with E-state index in [-0.39, 0.29) is 25.4 Å². The highest BCUT2D eigenvalue weighted by molar-refractivity contribution is 5.80. The van der Waals surface area contributed by atoms with Crippen molar-refractivity contribution in [2.24, 2.45) is 0 Å². The van der Waals surface area contributed by atoms with Crippen molar-refractivity contribution in [3.63, 3.8) is 0 Å². The van der Waals surface area contributed by atoms with Gasteiger partial charge in [-0.2, -0.15) is 0 Å². The van der Waals surface area contributed by atoms with Crippen LogP contribution in [0.2, 0.25) is 0 Å². The number of aryl methyl sites for hydroxylation is 1. The van der Waals surface area contributed by atoms with Crippen molar-refractivity contribution in [3.8, 4) is 5.75 Å². The highest BCUT2D eigenvalue weighted by atomic mass is 16.5. The Morgan fingerprint density at radius 3 is 2.82 bits per heavy atom. The summed E-state index contributed by atoms with van der Waals surface area (Å²) in [4.78, 5) is 25.4. The van der Waals surface area contributed by atoms with Crippen molar-refractivity contribution >= 4 is 11.9 Å². The number of carbonyl (C=O) groups is 2. The third kappa shape index (κ3) is 5.33. The number of ether oxygens (including phenoxy) is 2. The lowest BCUT2D eigenvalue weighted by molar-refractivity contribution is -0.145. The summed E-state index contributed by atoms with van der Waals surface area (Å²) < 4.78 is 11.2. The Morgan fingerprint density at radius 2 is 2.04 bits per heavy atom. The normalized spacial score (nSPS) is 16.6. The average molecular weight is 383 g/mol. The van der Waals surface area contributed by atoms with Crippen LogP contribution in [0, 0.1) is 6.92 Å². The minimum atomic E-state index is -0.931. The van der Waals surface area contributed by atoms with Crippen molar-refractivity contribution in [2.75, 3.05) is 19.8 Å². The van der Waals surface area contributed by atoms with Crippen molar-refractivity contribution in [1.82, 2.24) is 4.90 Å². The predicted octanol–water partition coefficient (Wildman–Crippen LogP) is 2.82. The van der Waals surface area contributed by atoms with Gasteiger partial charge in [0.15, 0.2) is 0 Å². The molecule has 3 rings (SSSR count). The molecule has 1 fully saturated rings. The number of hydrogen-bond acceptors (Lipinski definition) is 4. The van der Waals surface area contributed by atoms with Crippen LogP contribution in [0.15, 0.2) is 48.5 Å². The maximum Gasteiger partial charge on any atom is 0.305 e. The molecule has 28 heavy (non-hydrogen) atoms. The van der Waals surface area contributed by atoms with Crippen LogP contribution < -0.4 is 4.74 Å². The van der Waals surface area contributed by atoms with Crippen LogP contribution in [0.5, 0.6) is 5.75 Å². The topological polar surface area (TPSA) is 76.1 Å². The molecule has 2 aromatic carbocycles. The van der Waals surface area contributed by atoms with Crippen molar-refractivity contribution in [2.45, 2.75) is 32.4 Å². The van der Waals surface area contributed by atoms with Gasteiger partial charge in [0.05, 0.1) is 32.1 Å². The minimum absolute atomic E-state index is 0.0920. The Labute approximate surface area is 164 Å². The van der Waals surface area contributed by atoms with Crippen LogP contribution in [0.25, 0.3) is 0 Å². The number of rotatable bonds is 7. The van der Waals surface area contributed by atoms with Gasteiger partial charge in [-0.05, 0) is 35.7 Å². The van der Waals surface area contributed by atoms with E-state index in [2.05, 4.69) is 0 Å². The molecule has 1 atom stereocenters. The van der Waals surface area contributed by atoms with Crippen molar-refractivity contribution in [3.05, 3.63) is 65.2 Å². The van der Waals surface area contributed by atoms with E-state index in [1.807, 2.05) is 55.5 Å². The lowest BCUT2D eigenvalue weighted by Gasteiger charge is -2.35. The second-order valence-electron chi connectivity index (χ2n) is 6.95. The van der Waals surface area contributed by atoms with E-state index >= 15 is 0 Å². The molecule has 1 amide bonds. The zero-order valence-electron chi connectivity index (χ0n) is 16.0. The van der Waals surface area contributed by atoms with Gasteiger partial charge in [0.2, 0.25) is 5.91 Å². The first-order valence-corrected chi connectivity index (χ1v) is 9.38. The first-order valence-electron chi connectivity index (χ1n) is 9.38. The lowest BCUT2D eigenvalue weighted by Crippen LogP contribution is -2.50. The molecule has 1 heterocycles. The van der Waals surface area contributed by atoms with Gasteiger partial charge in [-0.3, -0.25) is 9.59 Å². The number of hydrogen-bond donors (Lipinski definition) is 1. The highest BCUT2D eigenvalue weighted by Crippen LogP contribution is 2.19. The Kier molecular flexibility index (Phi) is 6.66. The zero-order valence-corrected chi connectivity index (χ0v) is 16.0. The van der Waals surface area contributed by atoms with Crippen LogP contribution in [-0.4, -0.2) is 47.7 Å². The van der Waals surface area contributed by atoms with Gasteiger partial charge < -0.3 is 19.5 Å². The molecule has 1 unspecified atom stereocenters. The predicted molar refractivity (Wildman–Crippen MR) is 104 cm³/mol. The van der Waals surface area contributed by atoms with E-state index in [9.17, 15) is 9.59 Å². The van der Waals surface area contributed by atoms with Gasteiger partial charge in [0, 0.05) is 6.54 Å². The van der Waals surface area contributed by atoms with E-state index in [4.69, 9.17) is 14.6 Å². The van der Waals surface area contributed by atoms with Crippen LogP contribution >= 0.6 is 0 Å². The molecule has 1 N–H and O–H groups in total. The second-order valence-corrected chi connectivity index (χ2v) is 6.95. The van der Waals surface area contributed by atoms with Gasteiger partial charge in [0.1, 0.15) is 12.4 Å². The number of carboxylic acid groups (broad SMARTS) is 1. The molecule has 2 aromatic rings. The zero-order chi connectivity index (χ0) is 19.9. The number of carboxylic acids is 1. The number of amides is 1. The van der Waals surface area contributed by atoms with Crippen LogP contribution in [-0.2, 0) is 27.4 Å². The van der Waals surface area contributed by atoms with Gasteiger partial charge >= 0.3 is 5.97 Å². The maximum atomic E-state index is 12.7. The van der Waals surface area contributed by atoms with E-state index in [0.717, 1.165) is 11.1 Å². The molecule has 0 spiro atoms. The molecule has 0 saturated carbocycles. The van der Waals surface area contributed by atoms with Gasteiger partial charge in [-0.15, -0.1) is 0 Å². The Hall–Kier alpha value is -2.86. The molecule has 6 heteroatoms. The summed E-state index contributed by atoms with van der Waals surface area (Å²) in [6.07, 6.45) is 0.100. The summed E-state index contributed by atoms with van der Waals surface area (Å²) in [7, 11) is 0. The monoisotopic (exact) mass is 383 g/mol. The summed E-state index contributed by atoms with van der Waals surface area (Å²) in [5.74, 6) is -0.317. The summed E-state index contributed by atoms with van der Waals surface area (Å²) in [6, 6.07) is 15.1. The fraction of sp³-hybridized carbons (Fsp3) is 0.364. The summed E-state index contributed by atoms with van der Waals surface area (Å²) in [6.45, 7) is 3.62. The average Bonchev–Trinajstić information content (AvgIpc) is 2.67. The van der Waals surface area contributed by atoms with Crippen LogP contribution in [0.1, 0.15) is 23.1 Å². The Morgan fingerprint density at radius 1 is 1.21 bits per heavy atom. The van der Waals surface area contributed by atoms with Gasteiger partial charge in [-0.25, -0.2) is 0 Å². The molecular weight excluding hydrogens is 358 g/mol. The molecule has 1 saturated heterocycles. The fourth-order valence-corrected chi connectivity index (χ4v) is 3.31. The van der Waals surface area contributed by atoms with Crippen LogP contribution in [0.3, 0.4) is 0 Å². The standard InChI is InChI=1S/C22H25NO5/c1-16-5-2-3-7-18(16)14-28-20-8-4-6-17(11-20)12-21(24)23-9-10-27-15-19(23)13-22(25)26/h2-8,11,19H,9-10,12-15H2,1H3,(H,25,26). The molecule has 6 nitrogen and oxygen atoms in total. The molecule has 0 aliphatic carbocycles. The number of nitrogens with zero attached hydrogens (tertiary/aromatic N) is 1.